The van der Waals surface area contributed by atoms with E-state index in [1.165, 1.54) is 0 Å². The van der Waals surface area contributed by atoms with Crippen molar-refractivity contribution in [2.45, 2.75) is 39.7 Å². The van der Waals surface area contributed by atoms with Gasteiger partial charge < -0.3 is 15.4 Å². The maximum Gasteiger partial charge on any atom is 0.262 e. The summed E-state index contributed by atoms with van der Waals surface area (Å²) in [5, 5.41) is 5.57. The minimum absolute atomic E-state index is 0.0165. The second-order valence-electron chi connectivity index (χ2n) is 6.74. The van der Waals surface area contributed by atoms with E-state index in [1.807, 2.05) is 38.1 Å². The number of amides is 2. The van der Waals surface area contributed by atoms with Crippen molar-refractivity contribution in [3.63, 3.8) is 0 Å². The molecule has 0 aliphatic rings. The lowest BCUT2D eigenvalue weighted by Gasteiger charge is -2.14. The van der Waals surface area contributed by atoms with Crippen LogP contribution in [0.3, 0.4) is 0 Å². The monoisotopic (exact) mass is 354 g/mol. The van der Waals surface area contributed by atoms with E-state index in [-0.39, 0.29) is 24.5 Å². The van der Waals surface area contributed by atoms with E-state index >= 15 is 0 Å². The van der Waals surface area contributed by atoms with Crippen molar-refractivity contribution < 1.29 is 14.3 Å². The molecule has 0 spiro atoms. The van der Waals surface area contributed by atoms with Crippen LogP contribution in [0.2, 0.25) is 0 Å². The molecule has 2 N–H and O–H groups in total. The zero-order chi connectivity index (χ0) is 19.1. The Labute approximate surface area is 154 Å². The van der Waals surface area contributed by atoms with Crippen LogP contribution in [0.4, 0.5) is 5.69 Å². The van der Waals surface area contributed by atoms with Gasteiger partial charge >= 0.3 is 0 Å². The maximum absolute atomic E-state index is 12.2. The molecule has 5 nitrogen and oxygen atoms in total. The number of hydrogen-bond donors (Lipinski definition) is 2. The lowest BCUT2D eigenvalue weighted by Crippen LogP contribution is -2.31. The molecule has 0 aliphatic heterocycles. The van der Waals surface area contributed by atoms with Gasteiger partial charge in [-0.3, -0.25) is 9.59 Å². The summed E-state index contributed by atoms with van der Waals surface area (Å²) in [6, 6.07) is 14.6. The van der Waals surface area contributed by atoms with Crippen LogP contribution in [0, 0.1) is 0 Å². The van der Waals surface area contributed by atoms with Gasteiger partial charge in [-0.05, 0) is 49.6 Å². The molecular formula is C21H26N2O3. The Morgan fingerprint density at radius 1 is 1.00 bits per heavy atom. The molecule has 2 rings (SSSR count). The molecule has 2 aromatic carbocycles. The van der Waals surface area contributed by atoms with Gasteiger partial charge in [0.25, 0.3) is 11.8 Å². The van der Waals surface area contributed by atoms with Gasteiger partial charge in [0.15, 0.2) is 6.61 Å². The highest BCUT2D eigenvalue weighted by molar-refractivity contribution is 6.04. The normalized spacial score (nSPS) is 10.7. The van der Waals surface area contributed by atoms with Crippen molar-refractivity contribution in [2.24, 2.45) is 0 Å². The van der Waals surface area contributed by atoms with E-state index in [9.17, 15) is 9.59 Å². The highest BCUT2D eigenvalue weighted by Crippen LogP contribution is 2.20. The number of para-hydroxylation sites is 1. The van der Waals surface area contributed by atoms with Crippen LogP contribution in [0.1, 0.15) is 49.5 Å². The topological polar surface area (TPSA) is 67.4 Å². The number of benzene rings is 2. The number of rotatable bonds is 7. The average Bonchev–Trinajstić information content (AvgIpc) is 2.60. The zero-order valence-electron chi connectivity index (χ0n) is 15.7. The van der Waals surface area contributed by atoms with Gasteiger partial charge in [0.1, 0.15) is 5.75 Å². The molecule has 0 atom stereocenters. The Morgan fingerprint density at radius 2 is 1.73 bits per heavy atom. The third kappa shape index (κ3) is 5.62. The van der Waals surface area contributed by atoms with Gasteiger partial charge in [-0.15, -0.1) is 0 Å². The van der Waals surface area contributed by atoms with Crippen LogP contribution in [-0.4, -0.2) is 24.5 Å². The van der Waals surface area contributed by atoms with E-state index in [2.05, 4.69) is 24.5 Å². The quantitative estimate of drug-likeness (QED) is 0.791. The molecule has 0 unspecified atom stereocenters. The Bertz CT molecular complexity index is 769. The van der Waals surface area contributed by atoms with E-state index in [0.717, 1.165) is 5.56 Å². The van der Waals surface area contributed by atoms with Crippen LogP contribution in [-0.2, 0) is 4.79 Å². The Balaban J connectivity index is 2.00. The number of hydrogen-bond acceptors (Lipinski definition) is 3. The minimum atomic E-state index is -0.315. The lowest BCUT2D eigenvalue weighted by molar-refractivity contribution is -0.118. The summed E-state index contributed by atoms with van der Waals surface area (Å²) in [5.41, 5.74) is 2.05. The summed E-state index contributed by atoms with van der Waals surface area (Å²) in [6.07, 6.45) is 0. The fourth-order valence-electron chi connectivity index (χ4n) is 2.43. The molecule has 0 saturated heterocycles. The Hall–Kier alpha value is -2.82. The SMILES string of the molecule is CC(C)NC(=O)c1ccccc1NC(=O)COc1cccc(C(C)C)c1. The van der Waals surface area contributed by atoms with Crippen molar-refractivity contribution in [1.29, 1.82) is 0 Å². The summed E-state index contributed by atoms with van der Waals surface area (Å²) in [6.45, 7) is 7.86. The Morgan fingerprint density at radius 3 is 2.42 bits per heavy atom. The molecule has 2 aromatic rings. The molecular weight excluding hydrogens is 328 g/mol. The third-order valence-corrected chi connectivity index (χ3v) is 3.76. The largest absolute Gasteiger partial charge is 0.484 e. The first kappa shape index (κ1) is 19.5. The predicted octanol–water partition coefficient (Wildman–Crippen LogP) is 3.97. The molecule has 0 fully saturated rings. The van der Waals surface area contributed by atoms with Gasteiger partial charge in [0, 0.05) is 6.04 Å². The molecule has 26 heavy (non-hydrogen) atoms. The van der Waals surface area contributed by atoms with E-state index in [4.69, 9.17) is 4.74 Å². The molecule has 0 bridgehead atoms. The maximum atomic E-state index is 12.2. The number of ether oxygens (including phenoxy) is 1. The highest BCUT2D eigenvalue weighted by Gasteiger charge is 2.14. The Kier molecular flexibility index (Phi) is 6.78. The standard InChI is InChI=1S/C21H26N2O3/c1-14(2)16-8-7-9-17(12-16)26-13-20(24)23-19-11-6-5-10-18(19)21(25)22-15(3)4/h5-12,14-15H,13H2,1-4H3,(H,22,25)(H,23,24). The fraction of sp³-hybridized carbons (Fsp3) is 0.333. The van der Waals surface area contributed by atoms with Gasteiger partial charge in [-0.1, -0.05) is 38.1 Å². The van der Waals surface area contributed by atoms with Gasteiger partial charge in [0.05, 0.1) is 11.3 Å². The van der Waals surface area contributed by atoms with Gasteiger partial charge in [-0.25, -0.2) is 0 Å². The van der Waals surface area contributed by atoms with Crippen molar-refractivity contribution >= 4 is 17.5 Å². The van der Waals surface area contributed by atoms with E-state index < -0.39 is 0 Å². The lowest BCUT2D eigenvalue weighted by atomic mass is 10.0. The number of nitrogens with one attached hydrogen (secondary N) is 2. The van der Waals surface area contributed by atoms with Crippen molar-refractivity contribution in [3.8, 4) is 5.75 Å². The number of carbonyl (C=O) groups excluding carboxylic acids is 2. The fourth-order valence-corrected chi connectivity index (χ4v) is 2.43. The van der Waals surface area contributed by atoms with Crippen LogP contribution in [0.15, 0.2) is 48.5 Å². The van der Waals surface area contributed by atoms with E-state index in [1.54, 1.807) is 24.3 Å². The van der Waals surface area contributed by atoms with Crippen molar-refractivity contribution in [3.05, 3.63) is 59.7 Å². The second kappa shape index (κ2) is 9.04. The first-order valence-corrected chi connectivity index (χ1v) is 8.79. The summed E-state index contributed by atoms with van der Waals surface area (Å²) in [7, 11) is 0. The first-order chi connectivity index (χ1) is 12.4. The second-order valence-corrected chi connectivity index (χ2v) is 6.74. The summed E-state index contributed by atoms with van der Waals surface area (Å²) >= 11 is 0. The molecule has 2 amide bonds. The summed E-state index contributed by atoms with van der Waals surface area (Å²) < 4.78 is 5.58. The number of carbonyl (C=O) groups is 2. The molecule has 0 saturated carbocycles. The highest BCUT2D eigenvalue weighted by atomic mass is 16.5. The summed E-state index contributed by atoms with van der Waals surface area (Å²) in [5.74, 6) is 0.502. The summed E-state index contributed by atoms with van der Waals surface area (Å²) in [4.78, 5) is 24.5. The minimum Gasteiger partial charge on any atom is -0.484 e. The molecule has 0 aliphatic carbocycles. The van der Waals surface area contributed by atoms with Gasteiger partial charge in [-0.2, -0.15) is 0 Å². The molecule has 0 heterocycles. The molecule has 5 heteroatoms. The average molecular weight is 354 g/mol. The molecule has 138 valence electrons. The van der Waals surface area contributed by atoms with Crippen LogP contribution in [0.25, 0.3) is 0 Å². The van der Waals surface area contributed by atoms with Crippen molar-refractivity contribution in [1.82, 2.24) is 5.32 Å². The van der Waals surface area contributed by atoms with Crippen LogP contribution < -0.4 is 15.4 Å². The first-order valence-electron chi connectivity index (χ1n) is 8.79. The molecule has 0 aromatic heterocycles. The zero-order valence-corrected chi connectivity index (χ0v) is 15.7. The van der Waals surface area contributed by atoms with Gasteiger partial charge in [0.2, 0.25) is 0 Å². The van der Waals surface area contributed by atoms with Crippen LogP contribution >= 0.6 is 0 Å². The molecule has 0 radical (unpaired) electrons. The third-order valence-electron chi connectivity index (χ3n) is 3.76. The number of anilines is 1. The van der Waals surface area contributed by atoms with Crippen molar-refractivity contribution in [2.75, 3.05) is 11.9 Å². The smallest absolute Gasteiger partial charge is 0.262 e. The predicted molar refractivity (Wildman–Crippen MR) is 104 cm³/mol. The van der Waals surface area contributed by atoms with E-state index in [0.29, 0.717) is 22.9 Å². The van der Waals surface area contributed by atoms with Crippen LogP contribution in [0.5, 0.6) is 5.75 Å².